The number of amides is 1. The van der Waals surface area contributed by atoms with Crippen molar-refractivity contribution in [2.24, 2.45) is 0 Å². The zero-order valence-corrected chi connectivity index (χ0v) is 13.2. The summed E-state index contributed by atoms with van der Waals surface area (Å²) in [5.74, 6) is -0.132. The number of hydrogen-bond acceptors (Lipinski definition) is 5. The van der Waals surface area contributed by atoms with Gasteiger partial charge in [-0.15, -0.1) is 0 Å². The topological polar surface area (TPSA) is 65.5 Å². The Morgan fingerprint density at radius 3 is 2.60 bits per heavy atom. The van der Waals surface area contributed by atoms with Crippen molar-refractivity contribution in [1.82, 2.24) is 10.3 Å². The van der Waals surface area contributed by atoms with Gasteiger partial charge in [-0.2, -0.15) is 0 Å². The smallest absolute Gasteiger partial charge is 0.263 e. The molecule has 112 valence electrons. The number of hydrogen-bond donors (Lipinski definition) is 2. The second-order valence-electron chi connectivity index (χ2n) is 5.77. The molecule has 0 saturated heterocycles. The van der Waals surface area contributed by atoms with Crippen LogP contribution in [0.2, 0.25) is 0 Å². The van der Waals surface area contributed by atoms with Crippen molar-refractivity contribution in [1.29, 1.82) is 0 Å². The molecule has 1 aliphatic rings. The van der Waals surface area contributed by atoms with Gasteiger partial charge in [0.05, 0.1) is 11.3 Å². The number of aryl methyl sites for hydroxylation is 1. The van der Waals surface area contributed by atoms with Gasteiger partial charge in [0.1, 0.15) is 4.88 Å². The van der Waals surface area contributed by atoms with E-state index in [4.69, 9.17) is 0 Å². The van der Waals surface area contributed by atoms with Gasteiger partial charge in [-0.05, 0) is 19.8 Å². The molecule has 0 radical (unpaired) electrons. The van der Waals surface area contributed by atoms with Crippen LogP contribution >= 0.6 is 11.3 Å². The predicted molar refractivity (Wildman–Crippen MR) is 81.5 cm³/mol. The average molecular weight is 297 g/mol. The van der Waals surface area contributed by atoms with E-state index < -0.39 is 5.60 Å². The lowest BCUT2D eigenvalue weighted by Gasteiger charge is -2.32. The summed E-state index contributed by atoms with van der Waals surface area (Å²) in [5.41, 5.74) is 0.0171. The predicted octanol–water partition coefficient (Wildman–Crippen LogP) is 1.94. The van der Waals surface area contributed by atoms with E-state index in [-0.39, 0.29) is 5.91 Å². The summed E-state index contributed by atoms with van der Waals surface area (Å²) in [6.07, 6.45) is 4.81. The van der Waals surface area contributed by atoms with Crippen molar-refractivity contribution >= 4 is 22.4 Å². The van der Waals surface area contributed by atoms with E-state index in [0.717, 1.165) is 36.5 Å². The fourth-order valence-electron chi connectivity index (χ4n) is 2.50. The van der Waals surface area contributed by atoms with Gasteiger partial charge in [-0.1, -0.05) is 30.6 Å². The number of carbonyl (C=O) groups is 1. The van der Waals surface area contributed by atoms with Crippen LogP contribution in [-0.2, 0) is 0 Å². The molecule has 0 unspecified atom stereocenters. The van der Waals surface area contributed by atoms with Gasteiger partial charge in [0.2, 0.25) is 0 Å². The minimum Gasteiger partial charge on any atom is -0.388 e. The first-order chi connectivity index (χ1) is 9.41. The van der Waals surface area contributed by atoms with E-state index in [2.05, 4.69) is 10.3 Å². The maximum Gasteiger partial charge on any atom is 0.263 e. The second-order valence-corrected chi connectivity index (χ2v) is 6.75. The Balaban J connectivity index is 1.98. The number of anilines is 1. The number of thiazole rings is 1. The van der Waals surface area contributed by atoms with Crippen LogP contribution in [0.15, 0.2) is 0 Å². The molecule has 0 aromatic carbocycles. The van der Waals surface area contributed by atoms with Gasteiger partial charge < -0.3 is 15.3 Å². The highest BCUT2D eigenvalue weighted by Gasteiger charge is 2.30. The average Bonchev–Trinajstić information content (AvgIpc) is 2.79. The van der Waals surface area contributed by atoms with E-state index >= 15 is 0 Å². The Bertz CT molecular complexity index is 479. The minimum atomic E-state index is -0.725. The van der Waals surface area contributed by atoms with Gasteiger partial charge in [-0.3, -0.25) is 4.79 Å². The molecule has 1 aliphatic carbocycles. The molecular formula is C14H23N3O2S. The Labute approximate surface area is 124 Å². The highest BCUT2D eigenvalue weighted by molar-refractivity contribution is 7.17. The number of nitrogens with zero attached hydrogens (tertiary/aromatic N) is 2. The maximum atomic E-state index is 12.2. The zero-order chi connectivity index (χ0) is 14.8. The van der Waals surface area contributed by atoms with Crippen LogP contribution in [0.4, 0.5) is 5.13 Å². The van der Waals surface area contributed by atoms with Gasteiger partial charge in [0.15, 0.2) is 5.13 Å². The molecule has 2 N–H and O–H groups in total. The van der Waals surface area contributed by atoms with Gasteiger partial charge >= 0.3 is 0 Å². The molecular weight excluding hydrogens is 274 g/mol. The highest BCUT2D eigenvalue weighted by atomic mass is 32.1. The highest BCUT2D eigenvalue weighted by Crippen LogP contribution is 2.28. The lowest BCUT2D eigenvalue weighted by Crippen LogP contribution is -2.44. The summed E-state index contributed by atoms with van der Waals surface area (Å²) in [6, 6.07) is 0. The first-order valence-electron chi connectivity index (χ1n) is 7.07. The molecule has 1 heterocycles. The SMILES string of the molecule is Cc1nc(N(C)C)sc1C(=O)NCC1(O)CCCCC1. The summed E-state index contributed by atoms with van der Waals surface area (Å²) >= 11 is 1.38. The van der Waals surface area contributed by atoms with E-state index in [1.54, 1.807) is 0 Å². The van der Waals surface area contributed by atoms with Crippen LogP contribution in [0.3, 0.4) is 0 Å². The fourth-order valence-corrected chi connectivity index (χ4v) is 3.40. The van der Waals surface area contributed by atoms with Gasteiger partial charge in [0, 0.05) is 20.6 Å². The molecule has 1 aromatic heterocycles. The van der Waals surface area contributed by atoms with Crippen molar-refractivity contribution < 1.29 is 9.90 Å². The van der Waals surface area contributed by atoms with E-state index in [1.807, 2.05) is 25.9 Å². The fraction of sp³-hybridized carbons (Fsp3) is 0.714. The standard InChI is InChI=1S/C14H23N3O2S/c1-10-11(20-13(16-10)17(2)3)12(18)15-9-14(19)7-5-4-6-8-14/h19H,4-9H2,1-3H3,(H,15,18). The lowest BCUT2D eigenvalue weighted by molar-refractivity contribution is 0.00528. The first kappa shape index (κ1) is 15.3. The molecule has 0 atom stereocenters. The lowest BCUT2D eigenvalue weighted by atomic mass is 9.85. The van der Waals surface area contributed by atoms with Crippen LogP contribution in [0.5, 0.6) is 0 Å². The number of aromatic nitrogens is 1. The third-order valence-corrected chi connectivity index (χ3v) is 5.06. The Hall–Kier alpha value is -1.14. The Morgan fingerprint density at radius 2 is 2.05 bits per heavy atom. The number of carbonyl (C=O) groups excluding carboxylic acids is 1. The summed E-state index contributed by atoms with van der Waals surface area (Å²) in [6.45, 7) is 2.17. The monoisotopic (exact) mass is 297 g/mol. The summed E-state index contributed by atoms with van der Waals surface area (Å²) < 4.78 is 0. The quantitative estimate of drug-likeness (QED) is 0.891. The molecule has 6 heteroatoms. The van der Waals surface area contributed by atoms with Crippen LogP contribution in [-0.4, -0.2) is 42.2 Å². The van der Waals surface area contributed by atoms with E-state index in [9.17, 15) is 9.90 Å². The number of rotatable bonds is 4. The number of aliphatic hydroxyl groups is 1. The number of nitrogens with one attached hydrogen (secondary N) is 1. The third-order valence-electron chi connectivity index (χ3n) is 3.74. The first-order valence-corrected chi connectivity index (χ1v) is 7.88. The van der Waals surface area contributed by atoms with Crippen molar-refractivity contribution in [3.8, 4) is 0 Å². The van der Waals surface area contributed by atoms with Crippen LogP contribution in [0, 0.1) is 6.92 Å². The van der Waals surface area contributed by atoms with E-state index in [1.165, 1.54) is 17.8 Å². The minimum absolute atomic E-state index is 0.132. The molecule has 1 fully saturated rings. The van der Waals surface area contributed by atoms with Crippen molar-refractivity contribution in [2.75, 3.05) is 25.5 Å². The molecule has 0 bridgehead atoms. The maximum absolute atomic E-state index is 12.2. The largest absolute Gasteiger partial charge is 0.388 e. The van der Waals surface area contributed by atoms with E-state index in [0.29, 0.717) is 11.4 Å². The zero-order valence-electron chi connectivity index (χ0n) is 12.4. The molecule has 0 aliphatic heterocycles. The second kappa shape index (κ2) is 6.10. The Kier molecular flexibility index (Phi) is 4.65. The summed E-state index contributed by atoms with van der Waals surface area (Å²) in [4.78, 5) is 19.1. The van der Waals surface area contributed by atoms with Crippen LogP contribution < -0.4 is 10.2 Å². The molecule has 1 amide bonds. The van der Waals surface area contributed by atoms with Gasteiger partial charge in [-0.25, -0.2) is 4.98 Å². The van der Waals surface area contributed by atoms with Crippen LogP contribution in [0.1, 0.15) is 47.5 Å². The molecule has 1 aromatic rings. The van der Waals surface area contributed by atoms with Crippen molar-refractivity contribution in [3.63, 3.8) is 0 Å². The van der Waals surface area contributed by atoms with Gasteiger partial charge in [0.25, 0.3) is 5.91 Å². The third kappa shape index (κ3) is 3.49. The summed E-state index contributed by atoms with van der Waals surface area (Å²) in [7, 11) is 3.81. The summed E-state index contributed by atoms with van der Waals surface area (Å²) in [5, 5.41) is 14.1. The molecule has 2 rings (SSSR count). The molecule has 1 saturated carbocycles. The van der Waals surface area contributed by atoms with Crippen LogP contribution in [0.25, 0.3) is 0 Å². The van der Waals surface area contributed by atoms with Crippen molar-refractivity contribution in [2.45, 2.75) is 44.6 Å². The van der Waals surface area contributed by atoms with Crippen molar-refractivity contribution in [3.05, 3.63) is 10.6 Å². The molecule has 0 spiro atoms. The Morgan fingerprint density at radius 1 is 1.40 bits per heavy atom. The molecule has 20 heavy (non-hydrogen) atoms. The molecule has 5 nitrogen and oxygen atoms in total. The normalized spacial score (nSPS) is 17.8.